The highest BCUT2D eigenvalue weighted by molar-refractivity contribution is 5.78. The summed E-state index contributed by atoms with van der Waals surface area (Å²) in [5.41, 5.74) is 5.62. The Bertz CT molecular complexity index is 567. The van der Waals surface area contributed by atoms with Gasteiger partial charge in [-0.2, -0.15) is 10.2 Å². The Balaban J connectivity index is 2.10. The zero-order valence-corrected chi connectivity index (χ0v) is 11.1. The van der Waals surface area contributed by atoms with Crippen LogP contribution in [-0.4, -0.2) is 44.6 Å². The van der Waals surface area contributed by atoms with Crippen molar-refractivity contribution in [3.8, 4) is 0 Å². The van der Waals surface area contributed by atoms with Crippen molar-refractivity contribution in [2.75, 3.05) is 14.1 Å². The molecule has 0 saturated carbocycles. The quantitative estimate of drug-likeness (QED) is 0.779. The largest absolute Gasteiger partial charge is 0.289 e. The summed E-state index contributed by atoms with van der Waals surface area (Å²) < 4.78 is 3.63. The van der Waals surface area contributed by atoms with Crippen LogP contribution in [0.25, 0.3) is 11.0 Å². The van der Waals surface area contributed by atoms with Crippen molar-refractivity contribution in [3.63, 3.8) is 0 Å². The fourth-order valence-corrected chi connectivity index (χ4v) is 1.99. The van der Waals surface area contributed by atoms with Crippen molar-refractivity contribution < 1.29 is 4.79 Å². The highest BCUT2D eigenvalue weighted by Crippen LogP contribution is 2.16. The predicted molar refractivity (Wildman–Crippen MR) is 67.7 cm³/mol. The minimum atomic E-state index is -0.0230. The number of hydrogen-bond acceptors (Lipinski definition) is 4. The Morgan fingerprint density at radius 1 is 1.50 bits per heavy atom. The molecule has 0 aliphatic rings. The van der Waals surface area contributed by atoms with Crippen LogP contribution in [0.1, 0.15) is 12.1 Å². The maximum absolute atomic E-state index is 11.6. The minimum absolute atomic E-state index is 0.0230. The lowest BCUT2D eigenvalue weighted by atomic mass is 10.3. The molecule has 0 aliphatic heterocycles. The van der Waals surface area contributed by atoms with Crippen molar-refractivity contribution in [2.24, 2.45) is 7.05 Å². The van der Waals surface area contributed by atoms with E-state index in [1.54, 1.807) is 30.0 Å². The second kappa shape index (κ2) is 4.77. The van der Waals surface area contributed by atoms with Crippen molar-refractivity contribution in [1.82, 2.24) is 30.0 Å². The lowest BCUT2D eigenvalue weighted by Crippen LogP contribution is -2.36. The fourth-order valence-electron chi connectivity index (χ4n) is 1.99. The number of amides is 1. The molecule has 1 amide bonds. The van der Waals surface area contributed by atoms with Crippen LogP contribution in [0.15, 0.2) is 6.20 Å². The third-order valence-electron chi connectivity index (χ3n) is 2.71. The van der Waals surface area contributed by atoms with Crippen LogP contribution < -0.4 is 5.43 Å². The summed E-state index contributed by atoms with van der Waals surface area (Å²) in [4.78, 5) is 11.6. The first kappa shape index (κ1) is 12.6. The maximum atomic E-state index is 11.6. The topological polar surface area (TPSA) is 68.0 Å². The van der Waals surface area contributed by atoms with Crippen molar-refractivity contribution >= 4 is 16.9 Å². The van der Waals surface area contributed by atoms with Gasteiger partial charge in [-0.15, -0.1) is 0 Å². The standard InChI is InChI=1S/C11H18N6O/c1-8-11-9(16(4)13-8)7-12-17(11)6-5-10(18)14-15(2)3/h7H,5-6H2,1-4H3,(H,14,18). The Hall–Kier alpha value is -1.89. The van der Waals surface area contributed by atoms with Gasteiger partial charge >= 0.3 is 0 Å². The second-order valence-electron chi connectivity index (χ2n) is 4.49. The third kappa shape index (κ3) is 2.35. The van der Waals surface area contributed by atoms with Gasteiger partial charge in [-0.25, -0.2) is 5.01 Å². The smallest absolute Gasteiger partial charge is 0.236 e. The van der Waals surface area contributed by atoms with E-state index in [1.165, 1.54) is 0 Å². The molecule has 0 saturated heterocycles. The first-order valence-corrected chi connectivity index (χ1v) is 5.81. The van der Waals surface area contributed by atoms with Gasteiger partial charge in [0.2, 0.25) is 5.91 Å². The number of aromatic nitrogens is 4. The monoisotopic (exact) mass is 250 g/mol. The average molecular weight is 250 g/mol. The molecule has 0 bridgehead atoms. The molecule has 2 heterocycles. The van der Waals surface area contributed by atoms with Gasteiger partial charge in [-0.1, -0.05) is 0 Å². The number of aryl methyl sites for hydroxylation is 3. The Labute approximate surface area is 105 Å². The Morgan fingerprint density at radius 3 is 2.89 bits per heavy atom. The summed E-state index contributed by atoms with van der Waals surface area (Å²) in [5, 5.41) is 10.3. The molecule has 0 atom stereocenters. The number of nitrogens with zero attached hydrogens (tertiary/aromatic N) is 5. The number of carbonyl (C=O) groups excluding carboxylic acids is 1. The minimum Gasteiger partial charge on any atom is -0.289 e. The molecule has 2 rings (SSSR count). The van der Waals surface area contributed by atoms with E-state index in [9.17, 15) is 4.79 Å². The number of carbonyl (C=O) groups is 1. The molecule has 0 spiro atoms. The van der Waals surface area contributed by atoms with Gasteiger partial charge < -0.3 is 0 Å². The Kier molecular flexibility index (Phi) is 3.33. The van der Waals surface area contributed by atoms with Crippen molar-refractivity contribution in [3.05, 3.63) is 11.9 Å². The molecular formula is C11H18N6O. The van der Waals surface area contributed by atoms with E-state index in [2.05, 4.69) is 15.6 Å². The molecule has 1 N–H and O–H groups in total. The van der Waals surface area contributed by atoms with Crippen LogP contribution >= 0.6 is 0 Å². The number of hydrogen-bond donors (Lipinski definition) is 1. The van der Waals surface area contributed by atoms with Crippen LogP contribution in [0.3, 0.4) is 0 Å². The van der Waals surface area contributed by atoms with Crippen molar-refractivity contribution in [2.45, 2.75) is 19.9 Å². The number of fused-ring (bicyclic) bond motifs is 1. The first-order valence-electron chi connectivity index (χ1n) is 5.81. The molecule has 2 aromatic rings. The summed E-state index contributed by atoms with van der Waals surface area (Å²) >= 11 is 0. The highest BCUT2D eigenvalue weighted by atomic mass is 16.2. The molecule has 0 fully saturated rings. The van der Waals surface area contributed by atoms with E-state index in [1.807, 2.05) is 18.7 Å². The van der Waals surface area contributed by atoms with Crippen molar-refractivity contribution in [1.29, 1.82) is 0 Å². The molecule has 0 unspecified atom stereocenters. The van der Waals surface area contributed by atoms with Gasteiger partial charge in [-0.05, 0) is 6.92 Å². The normalized spacial score (nSPS) is 11.4. The van der Waals surface area contributed by atoms with Gasteiger partial charge in [0.25, 0.3) is 0 Å². The molecule has 98 valence electrons. The number of nitrogens with one attached hydrogen (secondary N) is 1. The number of hydrazine groups is 1. The van der Waals surface area contributed by atoms with E-state index in [4.69, 9.17) is 0 Å². The molecule has 18 heavy (non-hydrogen) atoms. The van der Waals surface area contributed by atoms with Gasteiger partial charge in [-0.3, -0.25) is 19.6 Å². The van der Waals surface area contributed by atoms with E-state index >= 15 is 0 Å². The molecular weight excluding hydrogens is 232 g/mol. The summed E-state index contributed by atoms with van der Waals surface area (Å²) in [6.45, 7) is 2.50. The molecule has 7 nitrogen and oxygen atoms in total. The molecule has 2 aromatic heterocycles. The summed E-state index contributed by atoms with van der Waals surface area (Å²) in [6, 6.07) is 0. The van der Waals surface area contributed by atoms with Gasteiger partial charge in [0, 0.05) is 27.6 Å². The summed E-state index contributed by atoms with van der Waals surface area (Å²) in [7, 11) is 5.46. The lowest BCUT2D eigenvalue weighted by Gasteiger charge is -2.11. The van der Waals surface area contributed by atoms with Crippen LogP contribution in [-0.2, 0) is 18.4 Å². The van der Waals surface area contributed by atoms with E-state index in [0.717, 1.165) is 16.7 Å². The lowest BCUT2D eigenvalue weighted by molar-refractivity contribution is -0.125. The van der Waals surface area contributed by atoms with Crippen LogP contribution in [0.5, 0.6) is 0 Å². The third-order valence-corrected chi connectivity index (χ3v) is 2.71. The van der Waals surface area contributed by atoms with Gasteiger partial charge in [0.15, 0.2) is 0 Å². The van der Waals surface area contributed by atoms with E-state index < -0.39 is 0 Å². The summed E-state index contributed by atoms with van der Waals surface area (Å²) in [6.07, 6.45) is 2.17. The van der Waals surface area contributed by atoms with Crippen LogP contribution in [0, 0.1) is 6.92 Å². The van der Waals surface area contributed by atoms with Gasteiger partial charge in [0.05, 0.1) is 18.4 Å². The fraction of sp³-hybridized carbons (Fsp3) is 0.545. The molecule has 7 heteroatoms. The maximum Gasteiger partial charge on any atom is 0.236 e. The molecule has 0 aromatic carbocycles. The van der Waals surface area contributed by atoms with E-state index in [0.29, 0.717) is 13.0 Å². The zero-order chi connectivity index (χ0) is 13.3. The van der Waals surface area contributed by atoms with E-state index in [-0.39, 0.29) is 5.91 Å². The Morgan fingerprint density at radius 2 is 2.22 bits per heavy atom. The van der Waals surface area contributed by atoms with Gasteiger partial charge in [0.1, 0.15) is 11.0 Å². The molecule has 0 radical (unpaired) electrons. The zero-order valence-electron chi connectivity index (χ0n) is 11.1. The SMILES string of the molecule is Cc1nn(C)c2cnn(CCC(=O)NN(C)C)c12. The summed E-state index contributed by atoms with van der Waals surface area (Å²) in [5.74, 6) is -0.0230. The van der Waals surface area contributed by atoms with Crippen LogP contribution in [0.4, 0.5) is 0 Å². The molecule has 0 aliphatic carbocycles. The second-order valence-corrected chi connectivity index (χ2v) is 4.49. The number of rotatable bonds is 4. The average Bonchev–Trinajstić information content (AvgIpc) is 2.79. The predicted octanol–water partition coefficient (Wildman–Crippen LogP) is 0.0611. The first-order chi connectivity index (χ1) is 8.49. The highest BCUT2D eigenvalue weighted by Gasteiger charge is 2.12. The van der Waals surface area contributed by atoms with Crippen LogP contribution in [0.2, 0.25) is 0 Å².